The summed E-state index contributed by atoms with van der Waals surface area (Å²) in [6.45, 7) is 3.69. The zero-order valence-corrected chi connectivity index (χ0v) is 12.4. The lowest BCUT2D eigenvalue weighted by molar-refractivity contribution is -0.169. The molecule has 0 saturated heterocycles. The molecule has 9 nitrogen and oxygen atoms in total. The van der Waals surface area contributed by atoms with Crippen LogP contribution in [-0.2, 0) is 14.3 Å². The second kappa shape index (κ2) is 9.64. The molecule has 0 aliphatic carbocycles. The minimum atomic E-state index is -2.04. The first-order valence-electron chi connectivity index (χ1n) is 6.85. The summed E-state index contributed by atoms with van der Waals surface area (Å²) < 4.78 is 4.68. The molecule has 0 radical (unpaired) electrons. The normalized spacial score (nSPS) is 18.2. The molecule has 1 amide bonds. The maximum Gasteiger partial charge on any atom is 0.339 e. The van der Waals surface area contributed by atoms with Gasteiger partial charge in [0.05, 0.1) is 6.04 Å². The van der Waals surface area contributed by atoms with Crippen molar-refractivity contribution in [3.63, 3.8) is 0 Å². The van der Waals surface area contributed by atoms with Crippen molar-refractivity contribution in [2.75, 3.05) is 6.54 Å². The number of carbonyl (C=O) groups is 2. The van der Waals surface area contributed by atoms with Crippen molar-refractivity contribution < 1.29 is 24.5 Å². The molecule has 0 aromatic carbocycles. The van der Waals surface area contributed by atoms with Gasteiger partial charge in [0.1, 0.15) is 0 Å². The van der Waals surface area contributed by atoms with Crippen molar-refractivity contribution in [3.05, 3.63) is 0 Å². The van der Waals surface area contributed by atoms with Crippen LogP contribution in [0.4, 0.5) is 0 Å². The standard InChI is InChI=1S/C12H26N4O5/c1-3-6(13)5-16-11(19)8(17)9(18)12(20)21-10(15)7(14)4-2/h6-10,17-18H,3-5,13-15H2,1-2H3,(H,16,19)/t6-,7-,8?,9?,10?/m0/s1. The summed E-state index contributed by atoms with van der Waals surface area (Å²) in [6.07, 6.45) is -4.04. The molecule has 124 valence electrons. The summed E-state index contributed by atoms with van der Waals surface area (Å²) in [7, 11) is 0. The smallest absolute Gasteiger partial charge is 0.339 e. The van der Waals surface area contributed by atoms with Crippen molar-refractivity contribution in [3.8, 4) is 0 Å². The van der Waals surface area contributed by atoms with E-state index in [2.05, 4.69) is 10.1 Å². The zero-order chi connectivity index (χ0) is 16.6. The van der Waals surface area contributed by atoms with Gasteiger partial charge < -0.3 is 31.7 Å². The molecule has 0 spiro atoms. The van der Waals surface area contributed by atoms with Crippen molar-refractivity contribution in [1.82, 2.24) is 5.32 Å². The van der Waals surface area contributed by atoms with Crippen molar-refractivity contribution >= 4 is 11.9 Å². The number of nitrogens with one attached hydrogen (secondary N) is 1. The van der Waals surface area contributed by atoms with Gasteiger partial charge in [-0.25, -0.2) is 4.79 Å². The van der Waals surface area contributed by atoms with Crippen LogP contribution in [0.25, 0.3) is 0 Å². The molecule has 0 rings (SSSR count). The Balaban J connectivity index is 4.38. The third-order valence-corrected chi connectivity index (χ3v) is 3.02. The van der Waals surface area contributed by atoms with Crippen molar-refractivity contribution in [2.45, 2.75) is 57.2 Å². The van der Waals surface area contributed by atoms with Gasteiger partial charge in [0, 0.05) is 12.6 Å². The summed E-state index contributed by atoms with van der Waals surface area (Å²) in [5.74, 6) is -2.13. The van der Waals surface area contributed by atoms with E-state index in [1.54, 1.807) is 6.92 Å². The van der Waals surface area contributed by atoms with Crippen molar-refractivity contribution in [2.24, 2.45) is 17.2 Å². The first-order valence-corrected chi connectivity index (χ1v) is 6.85. The van der Waals surface area contributed by atoms with Gasteiger partial charge in [-0.15, -0.1) is 0 Å². The van der Waals surface area contributed by atoms with Crippen LogP contribution in [0.2, 0.25) is 0 Å². The first-order chi connectivity index (χ1) is 9.74. The Morgan fingerprint density at radius 2 is 1.67 bits per heavy atom. The van der Waals surface area contributed by atoms with Gasteiger partial charge in [-0.1, -0.05) is 13.8 Å². The summed E-state index contributed by atoms with van der Waals surface area (Å²) in [5.41, 5.74) is 16.6. The van der Waals surface area contributed by atoms with Gasteiger partial charge in [0.15, 0.2) is 18.4 Å². The number of carbonyl (C=O) groups excluding carboxylic acids is 2. The summed E-state index contributed by atoms with van der Waals surface area (Å²) >= 11 is 0. The highest BCUT2D eigenvalue weighted by molar-refractivity contribution is 5.88. The fraction of sp³-hybridized carbons (Fsp3) is 0.833. The number of rotatable bonds is 9. The quantitative estimate of drug-likeness (QED) is 0.194. The number of nitrogens with two attached hydrogens (primary N) is 3. The minimum Gasteiger partial charge on any atom is -0.443 e. The van der Waals surface area contributed by atoms with E-state index in [0.717, 1.165) is 0 Å². The Morgan fingerprint density at radius 3 is 2.14 bits per heavy atom. The Morgan fingerprint density at radius 1 is 1.10 bits per heavy atom. The molecular formula is C12H26N4O5. The minimum absolute atomic E-state index is 0.119. The Kier molecular flexibility index (Phi) is 9.06. The summed E-state index contributed by atoms with van der Waals surface area (Å²) in [4.78, 5) is 23.1. The van der Waals surface area contributed by atoms with E-state index in [-0.39, 0.29) is 12.6 Å². The lowest BCUT2D eigenvalue weighted by atomic mass is 10.1. The van der Waals surface area contributed by atoms with E-state index in [1.807, 2.05) is 6.92 Å². The van der Waals surface area contributed by atoms with E-state index in [0.29, 0.717) is 12.8 Å². The van der Waals surface area contributed by atoms with Gasteiger partial charge >= 0.3 is 5.97 Å². The number of hydrogen-bond acceptors (Lipinski definition) is 8. The highest BCUT2D eigenvalue weighted by atomic mass is 16.6. The molecule has 0 fully saturated rings. The van der Waals surface area contributed by atoms with E-state index in [1.165, 1.54) is 0 Å². The number of amides is 1. The Bertz CT molecular complexity index is 342. The SMILES string of the molecule is CC[C@H](N)CNC(=O)C(O)C(O)C(=O)OC(N)[C@@H](N)CC. The summed E-state index contributed by atoms with van der Waals surface area (Å²) in [5, 5.41) is 21.5. The molecule has 21 heavy (non-hydrogen) atoms. The molecule has 3 unspecified atom stereocenters. The predicted molar refractivity (Wildman–Crippen MR) is 75.6 cm³/mol. The maximum atomic E-state index is 11.5. The lowest BCUT2D eigenvalue weighted by Gasteiger charge is -2.22. The lowest BCUT2D eigenvalue weighted by Crippen LogP contribution is -2.51. The van der Waals surface area contributed by atoms with E-state index >= 15 is 0 Å². The monoisotopic (exact) mass is 306 g/mol. The predicted octanol–water partition coefficient (Wildman–Crippen LogP) is -2.87. The molecule has 9 N–H and O–H groups in total. The van der Waals surface area contributed by atoms with Crippen LogP contribution in [0.1, 0.15) is 26.7 Å². The molecule has 0 aromatic rings. The first kappa shape index (κ1) is 19.7. The van der Waals surface area contributed by atoms with Crippen LogP contribution in [-0.4, -0.2) is 59.2 Å². The fourth-order valence-electron chi connectivity index (χ4n) is 1.28. The molecular weight excluding hydrogens is 280 g/mol. The van der Waals surface area contributed by atoms with Gasteiger partial charge in [-0.05, 0) is 12.8 Å². The second-order valence-electron chi connectivity index (χ2n) is 4.78. The van der Waals surface area contributed by atoms with Gasteiger partial charge in [-0.3, -0.25) is 10.5 Å². The van der Waals surface area contributed by atoms with Crippen LogP contribution in [0.3, 0.4) is 0 Å². The van der Waals surface area contributed by atoms with Gasteiger partial charge in [0.2, 0.25) is 0 Å². The molecule has 0 aromatic heterocycles. The Labute approximate surface area is 123 Å². The van der Waals surface area contributed by atoms with Gasteiger partial charge in [0.25, 0.3) is 5.91 Å². The molecule has 0 aliphatic rings. The van der Waals surface area contributed by atoms with Crippen LogP contribution in [0.15, 0.2) is 0 Å². The molecule has 9 heteroatoms. The highest BCUT2D eigenvalue weighted by Gasteiger charge is 2.33. The van der Waals surface area contributed by atoms with Crippen LogP contribution >= 0.6 is 0 Å². The van der Waals surface area contributed by atoms with E-state index in [9.17, 15) is 19.8 Å². The number of hydrogen-bond donors (Lipinski definition) is 6. The van der Waals surface area contributed by atoms with Crippen LogP contribution < -0.4 is 22.5 Å². The topological polar surface area (TPSA) is 174 Å². The zero-order valence-electron chi connectivity index (χ0n) is 12.4. The Hall–Kier alpha value is -1.26. The largest absolute Gasteiger partial charge is 0.443 e. The van der Waals surface area contributed by atoms with E-state index in [4.69, 9.17) is 17.2 Å². The number of aliphatic hydroxyl groups excluding tert-OH is 2. The van der Waals surface area contributed by atoms with Crippen molar-refractivity contribution in [1.29, 1.82) is 0 Å². The molecule has 0 aliphatic heterocycles. The van der Waals surface area contributed by atoms with Gasteiger partial charge in [-0.2, -0.15) is 0 Å². The average Bonchev–Trinajstić information content (AvgIpc) is 2.49. The van der Waals surface area contributed by atoms with E-state index < -0.39 is 36.4 Å². The maximum absolute atomic E-state index is 11.5. The second-order valence-corrected chi connectivity index (χ2v) is 4.78. The average molecular weight is 306 g/mol. The molecule has 0 heterocycles. The molecule has 5 atom stereocenters. The third-order valence-electron chi connectivity index (χ3n) is 3.02. The molecule has 0 bridgehead atoms. The number of aliphatic hydroxyl groups is 2. The number of ether oxygens (including phenoxy) is 1. The van der Waals surface area contributed by atoms with Crippen LogP contribution in [0, 0.1) is 0 Å². The number of esters is 1. The molecule has 0 saturated carbocycles. The van der Waals surface area contributed by atoms with Crippen LogP contribution in [0.5, 0.6) is 0 Å². The third kappa shape index (κ3) is 6.82. The summed E-state index contributed by atoms with van der Waals surface area (Å²) in [6, 6.07) is -0.879. The highest BCUT2D eigenvalue weighted by Crippen LogP contribution is 2.02. The fourth-order valence-corrected chi connectivity index (χ4v) is 1.28.